The maximum atomic E-state index is 12.6. The van der Waals surface area contributed by atoms with E-state index in [1.54, 1.807) is 0 Å². The van der Waals surface area contributed by atoms with Gasteiger partial charge in [0.25, 0.3) is 0 Å². The van der Waals surface area contributed by atoms with Crippen LogP contribution in [0.5, 0.6) is 0 Å². The SMILES string of the molecule is COCCN(CC(N)=O)S(=O)(=O)c1ccc(C(=O)OC)cc1Cl. The van der Waals surface area contributed by atoms with Crippen molar-refractivity contribution in [2.45, 2.75) is 4.90 Å². The van der Waals surface area contributed by atoms with Gasteiger partial charge in [0.1, 0.15) is 4.90 Å². The topological polar surface area (TPSA) is 116 Å². The minimum Gasteiger partial charge on any atom is -0.465 e. The Morgan fingerprint density at radius 1 is 1.30 bits per heavy atom. The number of halogens is 1. The zero-order valence-corrected chi connectivity index (χ0v) is 14.2. The van der Waals surface area contributed by atoms with Gasteiger partial charge in [0.2, 0.25) is 15.9 Å². The van der Waals surface area contributed by atoms with Crippen LogP contribution in [-0.4, -0.2) is 58.5 Å². The van der Waals surface area contributed by atoms with E-state index in [1.807, 2.05) is 0 Å². The third-order valence-corrected chi connectivity index (χ3v) is 5.18. The Labute approximate surface area is 139 Å². The number of amides is 1. The minimum atomic E-state index is -4.08. The van der Waals surface area contributed by atoms with Crippen LogP contribution in [0.2, 0.25) is 5.02 Å². The molecule has 0 aliphatic carbocycles. The third-order valence-electron chi connectivity index (χ3n) is 2.85. The Bertz CT molecular complexity index is 692. The standard InChI is InChI=1S/C13H17ClN2O6S/c1-21-6-5-16(8-12(15)17)23(19,20)11-4-3-9(7-10(11)14)13(18)22-2/h3-4,7H,5-6,8H2,1-2H3,(H2,15,17). The maximum absolute atomic E-state index is 12.6. The molecule has 1 aromatic carbocycles. The van der Waals surface area contributed by atoms with Gasteiger partial charge in [-0.05, 0) is 18.2 Å². The molecular weight excluding hydrogens is 348 g/mol. The summed E-state index contributed by atoms with van der Waals surface area (Å²) in [5.41, 5.74) is 5.19. The molecule has 1 amide bonds. The van der Waals surface area contributed by atoms with E-state index in [0.717, 1.165) is 4.31 Å². The van der Waals surface area contributed by atoms with Crippen molar-refractivity contribution in [1.29, 1.82) is 0 Å². The first-order chi connectivity index (χ1) is 10.7. The van der Waals surface area contributed by atoms with Crippen LogP contribution in [0.3, 0.4) is 0 Å². The molecule has 2 N–H and O–H groups in total. The quantitative estimate of drug-likeness (QED) is 0.661. The average molecular weight is 365 g/mol. The predicted molar refractivity (Wildman–Crippen MR) is 82.6 cm³/mol. The van der Waals surface area contributed by atoms with Crippen LogP contribution in [0.15, 0.2) is 23.1 Å². The molecule has 0 bridgehead atoms. The van der Waals surface area contributed by atoms with Gasteiger partial charge >= 0.3 is 5.97 Å². The van der Waals surface area contributed by atoms with Gasteiger partial charge in [-0.15, -0.1) is 0 Å². The molecule has 0 radical (unpaired) electrons. The summed E-state index contributed by atoms with van der Waals surface area (Å²) < 4.78 is 35.4. The molecule has 0 unspecified atom stereocenters. The minimum absolute atomic E-state index is 0.0726. The Balaban J connectivity index is 3.23. The number of hydrogen-bond donors (Lipinski definition) is 1. The summed E-state index contributed by atoms with van der Waals surface area (Å²) in [6.07, 6.45) is 0. The number of carbonyl (C=O) groups excluding carboxylic acids is 2. The molecule has 0 saturated carbocycles. The number of carbonyl (C=O) groups is 2. The number of hydrogen-bond acceptors (Lipinski definition) is 6. The number of benzene rings is 1. The van der Waals surface area contributed by atoms with E-state index in [2.05, 4.69) is 4.74 Å². The smallest absolute Gasteiger partial charge is 0.337 e. The van der Waals surface area contributed by atoms with Crippen molar-refractivity contribution in [2.75, 3.05) is 33.9 Å². The number of nitrogens with two attached hydrogens (primary N) is 1. The first-order valence-electron chi connectivity index (χ1n) is 6.39. The van der Waals surface area contributed by atoms with Crippen molar-refractivity contribution >= 4 is 33.5 Å². The molecule has 0 aliphatic heterocycles. The van der Waals surface area contributed by atoms with Crippen molar-refractivity contribution in [3.8, 4) is 0 Å². The molecule has 0 spiro atoms. The summed E-state index contributed by atoms with van der Waals surface area (Å²) >= 11 is 5.97. The lowest BCUT2D eigenvalue weighted by atomic mass is 10.2. The third kappa shape index (κ3) is 4.90. The second-order valence-corrected chi connectivity index (χ2v) is 6.75. The summed E-state index contributed by atoms with van der Waals surface area (Å²) in [5.74, 6) is -1.46. The lowest BCUT2D eigenvalue weighted by Crippen LogP contribution is -2.40. The van der Waals surface area contributed by atoms with E-state index in [-0.39, 0.29) is 28.6 Å². The molecule has 0 aromatic heterocycles. The average Bonchev–Trinajstić information content (AvgIpc) is 2.49. The largest absolute Gasteiger partial charge is 0.465 e. The van der Waals surface area contributed by atoms with Gasteiger partial charge in [-0.1, -0.05) is 11.6 Å². The van der Waals surface area contributed by atoms with Gasteiger partial charge in [-0.2, -0.15) is 4.31 Å². The second kappa shape index (κ2) is 8.25. The highest BCUT2D eigenvalue weighted by Gasteiger charge is 2.28. The normalized spacial score (nSPS) is 11.5. The monoisotopic (exact) mass is 364 g/mol. The Morgan fingerprint density at radius 3 is 2.43 bits per heavy atom. The first-order valence-corrected chi connectivity index (χ1v) is 8.21. The van der Waals surface area contributed by atoms with Crippen LogP contribution < -0.4 is 5.73 Å². The predicted octanol–water partition coefficient (Wildman–Crippen LogP) is 0.249. The highest BCUT2D eigenvalue weighted by molar-refractivity contribution is 7.89. The molecule has 23 heavy (non-hydrogen) atoms. The summed E-state index contributed by atoms with van der Waals surface area (Å²) in [4.78, 5) is 22.3. The van der Waals surface area contributed by atoms with Crippen molar-refractivity contribution in [2.24, 2.45) is 5.73 Å². The number of nitrogens with zero attached hydrogens (tertiary/aromatic N) is 1. The van der Waals surface area contributed by atoms with Crippen LogP contribution in [0.4, 0.5) is 0 Å². The van der Waals surface area contributed by atoms with Crippen LogP contribution in [-0.2, 0) is 24.3 Å². The van der Waals surface area contributed by atoms with Crippen LogP contribution >= 0.6 is 11.6 Å². The van der Waals surface area contributed by atoms with Crippen molar-refractivity contribution in [3.63, 3.8) is 0 Å². The number of methoxy groups -OCH3 is 2. The summed E-state index contributed by atoms with van der Waals surface area (Å²) in [5, 5.41) is -0.167. The molecule has 128 valence electrons. The highest BCUT2D eigenvalue weighted by Crippen LogP contribution is 2.26. The van der Waals surface area contributed by atoms with Gasteiger partial charge < -0.3 is 15.2 Å². The Kier molecular flexibility index (Phi) is 6.95. The molecule has 1 rings (SSSR count). The van der Waals surface area contributed by atoms with Crippen molar-refractivity contribution in [1.82, 2.24) is 4.31 Å². The Morgan fingerprint density at radius 2 is 1.96 bits per heavy atom. The molecule has 0 aliphatic rings. The van der Waals surface area contributed by atoms with Crippen LogP contribution in [0.1, 0.15) is 10.4 Å². The van der Waals surface area contributed by atoms with Gasteiger partial charge in [-0.3, -0.25) is 4.79 Å². The zero-order chi connectivity index (χ0) is 17.6. The van der Waals surface area contributed by atoms with Gasteiger partial charge in [-0.25, -0.2) is 13.2 Å². The molecule has 0 saturated heterocycles. The highest BCUT2D eigenvalue weighted by atomic mass is 35.5. The fraction of sp³-hybridized carbons (Fsp3) is 0.385. The number of esters is 1. The lowest BCUT2D eigenvalue weighted by Gasteiger charge is -2.21. The van der Waals surface area contributed by atoms with E-state index in [4.69, 9.17) is 22.1 Å². The molecule has 1 aromatic rings. The fourth-order valence-electron chi connectivity index (χ4n) is 1.75. The van der Waals surface area contributed by atoms with E-state index < -0.39 is 28.4 Å². The Hall–Kier alpha value is -1.68. The van der Waals surface area contributed by atoms with Crippen LogP contribution in [0, 0.1) is 0 Å². The lowest BCUT2D eigenvalue weighted by molar-refractivity contribution is -0.118. The summed E-state index contributed by atoms with van der Waals surface area (Å²) in [7, 11) is -1.49. The van der Waals surface area contributed by atoms with E-state index >= 15 is 0 Å². The van der Waals surface area contributed by atoms with Gasteiger partial charge in [0, 0.05) is 13.7 Å². The summed E-state index contributed by atoms with van der Waals surface area (Å²) in [6, 6.07) is 3.62. The molecule has 0 atom stereocenters. The van der Waals surface area contributed by atoms with Gasteiger partial charge in [0.05, 0.1) is 30.8 Å². The summed E-state index contributed by atoms with van der Waals surface area (Å²) in [6.45, 7) is -0.512. The fourth-order valence-corrected chi connectivity index (χ4v) is 3.65. The molecule has 10 heteroatoms. The molecular formula is C13H17ClN2O6S. The van der Waals surface area contributed by atoms with E-state index in [0.29, 0.717) is 0 Å². The number of rotatable bonds is 8. The first kappa shape index (κ1) is 19.4. The molecule has 0 heterocycles. The van der Waals surface area contributed by atoms with Crippen LogP contribution in [0.25, 0.3) is 0 Å². The molecule has 0 fully saturated rings. The van der Waals surface area contributed by atoms with Crippen molar-refractivity contribution < 1.29 is 27.5 Å². The van der Waals surface area contributed by atoms with E-state index in [1.165, 1.54) is 32.4 Å². The second-order valence-electron chi connectivity index (χ2n) is 4.43. The number of ether oxygens (including phenoxy) is 2. The maximum Gasteiger partial charge on any atom is 0.337 e. The van der Waals surface area contributed by atoms with Crippen molar-refractivity contribution in [3.05, 3.63) is 28.8 Å². The van der Waals surface area contributed by atoms with Gasteiger partial charge in [0.15, 0.2) is 0 Å². The van der Waals surface area contributed by atoms with E-state index in [9.17, 15) is 18.0 Å². The zero-order valence-electron chi connectivity index (χ0n) is 12.6. The number of sulfonamides is 1. The number of primary amides is 1. The molecule has 8 nitrogen and oxygen atoms in total.